The van der Waals surface area contributed by atoms with Crippen LogP contribution < -0.4 is 10.1 Å². The topological polar surface area (TPSA) is 55.4 Å². The predicted molar refractivity (Wildman–Crippen MR) is 86.2 cm³/mol. The summed E-state index contributed by atoms with van der Waals surface area (Å²) in [5.41, 5.74) is 1.11. The minimum atomic E-state index is -0.729. The lowest BCUT2D eigenvalue weighted by atomic mass is 10.1. The third kappa shape index (κ3) is 4.64. The number of ketones is 1. The monoisotopic (exact) mass is 315 g/mol. The first-order chi connectivity index (χ1) is 11.0. The molecule has 0 saturated heterocycles. The third-order valence-electron chi connectivity index (χ3n) is 3.29. The summed E-state index contributed by atoms with van der Waals surface area (Å²) < 4.78 is 18.4. The minimum absolute atomic E-state index is 0.0543. The molecule has 0 fully saturated rings. The van der Waals surface area contributed by atoms with Gasteiger partial charge in [-0.3, -0.25) is 9.59 Å². The van der Waals surface area contributed by atoms with Crippen molar-refractivity contribution in [1.29, 1.82) is 0 Å². The summed E-state index contributed by atoms with van der Waals surface area (Å²) in [7, 11) is 0. The molecule has 120 valence electrons. The zero-order valence-electron chi connectivity index (χ0n) is 13.0. The maximum atomic E-state index is 12.8. The summed E-state index contributed by atoms with van der Waals surface area (Å²) in [4.78, 5) is 23.6. The van der Waals surface area contributed by atoms with Crippen molar-refractivity contribution in [2.75, 3.05) is 5.32 Å². The minimum Gasteiger partial charge on any atom is -0.481 e. The van der Waals surface area contributed by atoms with Gasteiger partial charge in [0.15, 0.2) is 11.9 Å². The second-order valence-electron chi connectivity index (χ2n) is 5.06. The molecule has 23 heavy (non-hydrogen) atoms. The number of benzene rings is 2. The number of Topliss-reactive ketones (excluding diaryl/α,β-unsaturated/α-hetero) is 1. The van der Waals surface area contributed by atoms with Crippen molar-refractivity contribution >= 4 is 17.4 Å². The van der Waals surface area contributed by atoms with E-state index in [1.165, 1.54) is 24.3 Å². The number of halogens is 1. The Morgan fingerprint density at radius 2 is 1.70 bits per heavy atom. The highest BCUT2D eigenvalue weighted by molar-refractivity contribution is 5.96. The molecule has 0 saturated carbocycles. The fraction of sp³-hybridized carbons (Fsp3) is 0.222. The number of nitrogens with one attached hydrogen (secondary N) is 1. The van der Waals surface area contributed by atoms with Crippen molar-refractivity contribution in [1.82, 2.24) is 0 Å². The van der Waals surface area contributed by atoms with E-state index in [9.17, 15) is 14.0 Å². The van der Waals surface area contributed by atoms with Crippen molar-refractivity contribution < 1.29 is 18.7 Å². The predicted octanol–water partition coefficient (Wildman–Crippen LogP) is 3.82. The number of hydrogen-bond acceptors (Lipinski definition) is 3. The van der Waals surface area contributed by atoms with E-state index in [-0.39, 0.29) is 17.5 Å². The van der Waals surface area contributed by atoms with E-state index >= 15 is 0 Å². The number of ether oxygens (including phenoxy) is 1. The number of amides is 1. The standard InChI is InChI=1S/C18H18FNO3/c1-3-17(21)13-4-10-16(11-5-13)23-12(2)18(22)20-15-8-6-14(19)7-9-15/h4-12H,3H2,1-2H3,(H,20,22)/t12-/m0/s1. The van der Waals surface area contributed by atoms with Gasteiger partial charge in [0, 0.05) is 17.7 Å². The summed E-state index contributed by atoms with van der Waals surface area (Å²) >= 11 is 0. The maximum Gasteiger partial charge on any atom is 0.265 e. The molecule has 0 bridgehead atoms. The quantitative estimate of drug-likeness (QED) is 0.824. The van der Waals surface area contributed by atoms with Crippen molar-refractivity contribution in [2.24, 2.45) is 0 Å². The number of rotatable bonds is 6. The molecule has 0 aliphatic heterocycles. The van der Waals surface area contributed by atoms with Gasteiger partial charge in [0.05, 0.1) is 0 Å². The largest absolute Gasteiger partial charge is 0.481 e. The number of hydrogen-bond donors (Lipinski definition) is 1. The average Bonchev–Trinajstić information content (AvgIpc) is 2.56. The van der Waals surface area contributed by atoms with Crippen LogP contribution in [0, 0.1) is 5.82 Å². The Morgan fingerprint density at radius 3 is 2.26 bits per heavy atom. The summed E-state index contributed by atoms with van der Waals surface area (Å²) in [6, 6.07) is 12.2. The average molecular weight is 315 g/mol. The molecule has 5 heteroatoms. The summed E-state index contributed by atoms with van der Waals surface area (Å²) in [6.45, 7) is 3.42. The molecule has 4 nitrogen and oxygen atoms in total. The van der Waals surface area contributed by atoms with E-state index < -0.39 is 6.10 Å². The van der Waals surface area contributed by atoms with Gasteiger partial charge >= 0.3 is 0 Å². The lowest BCUT2D eigenvalue weighted by molar-refractivity contribution is -0.122. The zero-order chi connectivity index (χ0) is 16.8. The van der Waals surface area contributed by atoms with E-state index in [4.69, 9.17) is 4.74 Å². The maximum absolute atomic E-state index is 12.8. The van der Waals surface area contributed by atoms with Crippen LogP contribution in [-0.4, -0.2) is 17.8 Å². The van der Waals surface area contributed by atoms with Gasteiger partial charge in [-0.2, -0.15) is 0 Å². The van der Waals surface area contributed by atoms with Crippen LogP contribution in [0.15, 0.2) is 48.5 Å². The van der Waals surface area contributed by atoms with E-state index in [2.05, 4.69) is 5.32 Å². The van der Waals surface area contributed by atoms with Crippen LogP contribution in [-0.2, 0) is 4.79 Å². The van der Waals surface area contributed by atoms with Gasteiger partial charge in [0.1, 0.15) is 11.6 Å². The second kappa shape index (κ2) is 7.54. The molecule has 0 aromatic heterocycles. The van der Waals surface area contributed by atoms with Crippen LogP contribution >= 0.6 is 0 Å². The van der Waals surface area contributed by atoms with Crippen LogP contribution in [0.5, 0.6) is 5.75 Å². The number of carbonyl (C=O) groups is 2. The van der Waals surface area contributed by atoms with Gasteiger partial charge in [0.25, 0.3) is 5.91 Å². The Labute approximate surface area is 134 Å². The number of carbonyl (C=O) groups excluding carboxylic acids is 2. The first kappa shape index (κ1) is 16.7. The normalized spacial score (nSPS) is 11.6. The molecule has 1 amide bonds. The Hall–Kier alpha value is -2.69. The van der Waals surface area contributed by atoms with Crippen LogP contribution in [0.1, 0.15) is 30.6 Å². The van der Waals surface area contributed by atoms with Crippen molar-refractivity contribution in [3.63, 3.8) is 0 Å². The Morgan fingerprint density at radius 1 is 1.09 bits per heavy atom. The van der Waals surface area contributed by atoms with Crippen molar-refractivity contribution in [3.05, 3.63) is 59.9 Å². The van der Waals surface area contributed by atoms with E-state index in [1.807, 2.05) is 0 Å². The van der Waals surface area contributed by atoms with Crippen molar-refractivity contribution in [3.8, 4) is 5.75 Å². The first-order valence-electron chi connectivity index (χ1n) is 7.36. The summed E-state index contributed by atoms with van der Waals surface area (Å²) in [5, 5.41) is 2.64. The van der Waals surface area contributed by atoms with Crippen LogP contribution in [0.4, 0.5) is 10.1 Å². The molecule has 2 aromatic rings. The SMILES string of the molecule is CCC(=O)c1ccc(O[C@@H](C)C(=O)Nc2ccc(F)cc2)cc1. The summed E-state index contributed by atoms with van der Waals surface area (Å²) in [6.07, 6.45) is -0.288. The molecule has 1 N–H and O–H groups in total. The van der Waals surface area contributed by atoms with Gasteiger partial charge in [-0.1, -0.05) is 6.92 Å². The van der Waals surface area contributed by atoms with Gasteiger partial charge in [-0.15, -0.1) is 0 Å². The molecule has 2 aromatic carbocycles. The van der Waals surface area contributed by atoms with Crippen molar-refractivity contribution in [2.45, 2.75) is 26.4 Å². The fourth-order valence-corrected chi connectivity index (χ4v) is 1.96. The Bertz CT molecular complexity index is 680. The van der Waals surface area contributed by atoms with Crippen LogP contribution in [0.2, 0.25) is 0 Å². The van der Waals surface area contributed by atoms with E-state index in [0.29, 0.717) is 23.4 Å². The van der Waals surface area contributed by atoms with Gasteiger partial charge in [0.2, 0.25) is 0 Å². The summed E-state index contributed by atoms with van der Waals surface area (Å²) in [5.74, 6) is -0.155. The van der Waals surface area contributed by atoms with Gasteiger partial charge in [-0.05, 0) is 55.5 Å². The first-order valence-corrected chi connectivity index (χ1v) is 7.36. The molecule has 0 heterocycles. The van der Waals surface area contributed by atoms with E-state index in [1.54, 1.807) is 38.1 Å². The highest BCUT2D eigenvalue weighted by Gasteiger charge is 2.15. The van der Waals surface area contributed by atoms with Gasteiger partial charge < -0.3 is 10.1 Å². The molecule has 0 unspecified atom stereocenters. The highest BCUT2D eigenvalue weighted by Crippen LogP contribution is 2.16. The highest BCUT2D eigenvalue weighted by atomic mass is 19.1. The smallest absolute Gasteiger partial charge is 0.265 e. The number of anilines is 1. The van der Waals surface area contributed by atoms with Crippen LogP contribution in [0.25, 0.3) is 0 Å². The molecule has 0 aliphatic rings. The lowest BCUT2D eigenvalue weighted by Gasteiger charge is -2.15. The lowest BCUT2D eigenvalue weighted by Crippen LogP contribution is -2.30. The molecule has 2 rings (SSSR count). The second-order valence-corrected chi connectivity index (χ2v) is 5.06. The zero-order valence-corrected chi connectivity index (χ0v) is 13.0. The molecule has 0 spiro atoms. The Balaban J connectivity index is 1.95. The van der Waals surface area contributed by atoms with Gasteiger partial charge in [-0.25, -0.2) is 4.39 Å². The molecular weight excluding hydrogens is 297 g/mol. The molecule has 0 radical (unpaired) electrons. The molecule has 0 aliphatic carbocycles. The van der Waals surface area contributed by atoms with E-state index in [0.717, 1.165) is 0 Å². The fourth-order valence-electron chi connectivity index (χ4n) is 1.96. The molecule has 1 atom stereocenters. The Kier molecular flexibility index (Phi) is 5.46. The molecular formula is C18H18FNO3. The third-order valence-corrected chi connectivity index (χ3v) is 3.29. The van der Waals surface area contributed by atoms with Crippen LogP contribution in [0.3, 0.4) is 0 Å².